The van der Waals surface area contributed by atoms with E-state index in [0.717, 1.165) is 6.42 Å². The Hall–Kier alpha value is -1.68. The molecule has 2 rings (SSSR count). The lowest BCUT2D eigenvalue weighted by molar-refractivity contribution is 0.100. The number of ether oxygens (including phenoxy) is 1. The topological polar surface area (TPSA) is 47.3 Å². The van der Waals surface area contributed by atoms with Gasteiger partial charge in [0.2, 0.25) is 0 Å². The summed E-state index contributed by atoms with van der Waals surface area (Å²) in [4.78, 5) is 0. The van der Waals surface area contributed by atoms with E-state index in [1.54, 1.807) is 7.11 Å². The molecule has 3 N–H and O–H groups in total. The number of hydrazine groups is 1. The summed E-state index contributed by atoms with van der Waals surface area (Å²) in [6, 6.07) is 19.0. The molecule has 0 aliphatic carbocycles. The predicted molar refractivity (Wildman–Crippen MR) is 83.0 cm³/mol. The standard InChI is InChI=1S/C17H22N2O/c1-13(20-2)12-17(19-18)16-10-8-15(9-11-16)14-6-4-3-5-7-14/h3-11,13,17,19H,12,18H2,1-2H3. The molecule has 2 atom stereocenters. The smallest absolute Gasteiger partial charge is 0.0561 e. The molecule has 0 aliphatic heterocycles. The highest BCUT2D eigenvalue weighted by Crippen LogP contribution is 2.24. The molecule has 0 saturated carbocycles. The van der Waals surface area contributed by atoms with Gasteiger partial charge in [-0.25, -0.2) is 0 Å². The quantitative estimate of drug-likeness (QED) is 0.625. The average Bonchev–Trinajstić information content (AvgIpc) is 2.53. The molecule has 0 aromatic heterocycles. The van der Waals surface area contributed by atoms with E-state index in [4.69, 9.17) is 10.6 Å². The summed E-state index contributed by atoms with van der Waals surface area (Å²) in [6.07, 6.45) is 1.02. The second-order valence-corrected chi connectivity index (χ2v) is 4.99. The van der Waals surface area contributed by atoms with E-state index in [9.17, 15) is 0 Å². The van der Waals surface area contributed by atoms with E-state index in [2.05, 4.69) is 41.8 Å². The molecule has 2 aromatic carbocycles. The minimum Gasteiger partial charge on any atom is -0.382 e. The first kappa shape index (κ1) is 14.7. The van der Waals surface area contributed by atoms with E-state index >= 15 is 0 Å². The Morgan fingerprint density at radius 1 is 1.00 bits per heavy atom. The monoisotopic (exact) mass is 270 g/mol. The Labute approximate surface area is 120 Å². The van der Waals surface area contributed by atoms with Crippen LogP contribution in [-0.2, 0) is 4.74 Å². The highest BCUT2D eigenvalue weighted by Gasteiger charge is 2.13. The van der Waals surface area contributed by atoms with E-state index in [-0.39, 0.29) is 12.1 Å². The number of nitrogens with one attached hydrogen (secondary N) is 1. The summed E-state index contributed by atoms with van der Waals surface area (Å²) in [5, 5.41) is 0. The molecule has 0 amide bonds. The Morgan fingerprint density at radius 2 is 1.60 bits per heavy atom. The summed E-state index contributed by atoms with van der Waals surface area (Å²) in [5.74, 6) is 5.65. The third kappa shape index (κ3) is 3.67. The van der Waals surface area contributed by atoms with E-state index < -0.39 is 0 Å². The fraction of sp³-hybridized carbons (Fsp3) is 0.294. The van der Waals surface area contributed by atoms with Gasteiger partial charge in [-0.15, -0.1) is 0 Å². The molecule has 0 radical (unpaired) electrons. The van der Waals surface area contributed by atoms with Gasteiger partial charge in [-0.1, -0.05) is 54.6 Å². The number of methoxy groups -OCH3 is 1. The van der Waals surface area contributed by atoms with Crippen molar-refractivity contribution in [3.05, 3.63) is 60.2 Å². The van der Waals surface area contributed by atoms with Crippen molar-refractivity contribution in [3.63, 3.8) is 0 Å². The maximum Gasteiger partial charge on any atom is 0.0561 e. The number of hydrogen-bond acceptors (Lipinski definition) is 3. The van der Waals surface area contributed by atoms with Crippen LogP contribution in [0.3, 0.4) is 0 Å². The first-order chi connectivity index (χ1) is 9.74. The van der Waals surface area contributed by atoms with Gasteiger partial charge in [0.15, 0.2) is 0 Å². The molecule has 0 bridgehead atoms. The molecule has 2 unspecified atom stereocenters. The third-order valence-corrected chi connectivity index (χ3v) is 3.59. The molecule has 3 heteroatoms. The normalized spacial score (nSPS) is 13.9. The van der Waals surface area contributed by atoms with Gasteiger partial charge in [0.1, 0.15) is 0 Å². The van der Waals surface area contributed by atoms with Crippen molar-refractivity contribution in [2.75, 3.05) is 7.11 Å². The van der Waals surface area contributed by atoms with E-state index in [1.807, 2.05) is 25.1 Å². The molecular weight excluding hydrogens is 248 g/mol. The van der Waals surface area contributed by atoms with Crippen LogP contribution >= 0.6 is 0 Å². The van der Waals surface area contributed by atoms with Crippen molar-refractivity contribution in [1.82, 2.24) is 5.43 Å². The first-order valence-corrected chi connectivity index (χ1v) is 6.89. The van der Waals surface area contributed by atoms with Crippen LogP contribution in [0.2, 0.25) is 0 Å². The Balaban J connectivity index is 2.14. The number of hydrogen-bond donors (Lipinski definition) is 2. The zero-order valence-electron chi connectivity index (χ0n) is 12.0. The number of benzene rings is 2. The van der Waals surface area contributed by atoms with Gasteiger partial charge in [-0.05, 0) is 30.0 Å². The summed E-state index contributed by atoms with van der Waals surface area (Å²) in [5.41, 5.74) is 6.48. The second kappa shape index (κ2) is 7.20. The van der Waals surface area contributed by atoms with Gasteiger partial charge in [-0.2, -0.15) is 0 Å². The van der Waals surface area contributed by atoms with Gasteiger partial charge in [0.25, 0.3) is 0 Å². The lowest BCUT2D eigenvalue weighted by Gasteiger charge is -2.20. The minimum absolute atomic E-state index is 0.106. The molecule has 0 saturated heterocycles. The van der Waals surface area contributed by atoms with Gasteiger partial charge in [0, 0.05) is 13.2 Å². The summed E-state index contributed by atoms with van der Waals surface area (Å²) in [7, 11) is 1.72. The van der Waals surface area contributed by atoms with Crippen LogP contribution in [-0.4, -0.2) is 13.2 Å². The Morgan fingerprint density at radius 3 is 2.15 bits per heavy atom. The van der Waals surface area contributed by atoms with Gasteiger partial charge >= 0.3 is 0 Å². The Bertz CT molecular complexity index is 510. The summed E-state index contributed by atoms with van der Waals surface area (Å²) in [6.45, 7) is 2.04. The molecule has 2 aromatic rings. The van der Waals surface area contributed by atoms with E-state index in [1.165, 1.54) is 16.7 Å². The third-order valence-electron chi connectivity index (χ3n) is 3.59. The van der Waals surface area contributed by atoms with Crippen LogP contribution in [0.1, 0.15) is 24.9 Å². The van der Waals surface area contributed by atoms with Crippen LogP contribution in [0.5, 0.6) is 0 Å². The maximum atomic E-state index is 5.65. The average molecular weight is 270 g/mol. The Kier molecular flexibility index (Phi) is 5.30. The lowest BCUT2D eigenvalue weighted by Crippen LogP contribution is -2.30. The van der Waals surface area contributed by atoms with Crippen molar-refractivity contribution in [2.24, 2.45) is 5.84 Å². The van der Waals surface area contributed by atoms with Crippen LogP contribution < -0.4 is 11.3 Å². The molecule has 0 spiro atoms. The summed E-state index contributed by atoms with van der Waals surface area (Å²) >= 11 is 0. The zero-order chi connectivity index (χ0) is 14.4. The van der Waals surface area contributed by atoms with Crippen LogP contribution in [0.15, 0.2) is 54.6 Å². The SMILES string of the molecule is COC(C)CC(NN)c1ccc(-c2ccccc2)cc1. The van der Waals surface area contributed by atoms with E-state index in [0.29, 0.717) is 0 Å². The first-order valence-electron chi connectivity index (χ1n) is 6.89. The van der Waals surface area contributed by atoms with Crippen LogP contribution in [0.25, 0.3) is 11.1 Å². The predicted octanol–water partition coefficient (Wildman–Crippen LogP) is 3.28. The minimum atomic E-state index is 0.106. The molecule has 20 heavy (non-hydrogen) atoms. The van der Waals surface area contributed by atoms with Crippen molar-refractivity contribution >= 4 is 0 Å². The fourth-order valence-corrected chi connectivity index (χ4v) is 2.27. The van der Waals surface area contributed by atoms with Crippen LogP contribution in [0.4, 0.5) is 0 Å². The summed E-state index contributed by atoms with van der Waals surface area (Å²) < 4.78 is 5.30. The van der Waals surface area contributed by atoms with Crippen molar-refractivity contribution in [2.45, 2.75) is 25.5 Å². The maximum absolute atomic E-state index is 5.65. The largest absolute Gasteiger partial charge is 0.382 e. The van der Waals surface area contributed by atoms with Crippen molar-refractivity contribution in [1.29, 1.82) is 0 Å². The van der Waals surface area contributed by atoms with Gasteiger partial charge in [0.05, 0.1) is 6.10 Å². The fourth-order valence-electron chi connectivity index (χ4n) is 2.27. The number of nitrogens with two attached hydrogens (primary N) is 1. The van der Waals surface area contributed by atoms with Crippen LogP contribution in [0, 0.1) is 0 Å². The lowest BCUT2D eigenvalue weighted by atomic mass is 9.98. The molecular formula is C17H22N2O. The number of rotatable bonds is 6. The van der Waals surface area contributed by atoms with Crippen molar-refractivity contribution < 1.29 is 4.74 Å². The molecule has 0 heterocycles. The molecule has 3 nitrogen and oxygen atoms in total. The highest BCUT2D eigenvalue weighted by atomic mass is 16.5. The van der Waals surface area contributed by atoms with Gasteiger partial charge in [-0.3, -0.25) is 11.3 Å². The second-order valence-electron chi connectivity index (χ2n) is 4.99. The molecule has 106 valence electrons. The highest BCUT2D eigenvalue weighted by molar-refractivity contribution is 5.63. The van der Waals surface area contributed by atoms with Gasteiger partial charge < -0.3 is 4.74 Å². The molecule has 0 aliphatic rings. The zero-order valence-corrected chi connectivity index (χ0v) is 12.0. The van der Waals surface area contributed by atoms with Crippen molar-refractivity contribution in [3.8, 4) is 11.1 Å². The molecule has 0 fully saturated rings.